The SMILES string of the molecule is CC/C=C\C/C=C\C/C=C\C/C=C\C/C=C\C/C=C\C/C=C\C/C=C\C/C=C\C/C=C\C/C=C\C/C=C\CCCCC(=O)OC(COC(=O)C/C=C\C/C=C\C/C=C\C/C=C\C/C=C\CC)COP(=O)(O)OCC[N+](C)(C)C. The van der Waals surface area contributed by atoms with Gasteiger partial charge >= 0.3 is 19.8 Å². The Bertz CT molecular complexity index is 2060. The molecule has 0 bridgehead atoms. The Labute approximate surface area is 475 Å². The molecule has 2 unspecified atom stereocenters. The normalized spacial score (nSPS) is 14.8. The number of hydrogen-bond donors (Lipinski definition) is 1. The van der Waals surface area contributed by atoms with Gasteiger partial charge in [0.2, 0.25) is 0 Å². The van der Waals surface area contributed by atoms with Gasteiger partial charge in [-0.1, -0.05) is 220 Å². The summed E-state index contributed by atoms with van der Waals surface area (Å²) < 4.78 is 34.3. The average Bonchev–Trinajstić information content (AvgIpc) is 3.41. The Morgan fingerprint density at radius 1 is 0.410 bits per heavy atom. The minimum atomic E-state index is -4.43. The van der Waals surface area contributed by atoms with Gasteiger partial charge in [-0.3, -0.25) is 18.6 Å². The highest BCUT2D eigenvalue weighted by atomic mass is 31.2. The summed E-state index contributed by atoms with van der Waals surface area (Å²) in [5, 5.41) is 0. The average molecular weight is 1090 g/mol. The first-order valence-corrected chi connectivity index (χ1v) is 30.3. The van der Waals surface area contributed by atoms with Crippen molar-refractivity contribution in [2.24, 2.45) is 0 Å². The number of esters is 2. The number of phosphoric acid groups is 1. The molecule has 2 atom stereocenters. The van der Waals surface area contributed by atoms with Gasteiger partial charge in [-0.15, -0.1) is 0 Å². The van der Waals surface area contributed by atoms with E-state index in [2.05, 4.69) is 202 Å². The highest BCUT2D eigenvalue weighted by molar-refractivity contribution is 7.47. The molecule has 0 saturated carbocycles. The van der Waals surface area contributed by atoms with Gasteiger partial charge in [0.15, 0.2) is 6.10 Å². The van der Waals surface area contributed by atoms with Gasteiger partial charge in [-0.05, 0) is 128 Å². The molecule has 0 fully saturated rings. The van der Waals surface area contributed by atoms with Crippen molar-refractivity contribution in [2.75, 3.05) is 47.5 Å². The number of carbonyl (C=O) groups is 2. The molecular formula is C68H103NO8P+. The van der Waals surface area contributed by atoms with E-state index in [0.29, 0.717) is 23.9 Å². The maximum Gasteiger partial charge on any atom is 0.472 e. The Hall–Kier alpha value is -5.41. The fourth-order valence-corrected chi connectivity index (χ4v) is 7.22. The number of rotatable bonds is 49. The third-order valence-electron chi connectivity index (χ3n) is 10.8. The minimum Gasteiger partial charge on any atom is -0.461 e. The van der Waals surface area contributed by atoms with Gasteiger partial charge in [0, 0.05) is 6.42 Å². The molecule has 10 heteroatoms. The molecule has 0 amide bonds. The van der Waals surface area contributed by atoms with Gasteiger partial charge < -0.3 is 18.9 Å². The second-order valence-corrected chi connectivity index (χ2v) is 20.7. The zero-order valence-corrected chi connectivity index (χ0v) is 49.7. The maximum absolute atomic E-state index is 12.8. The lowest BCUT2D eigenvalue weighted by atomic mass is 10.2. The lowest BCUT2D eigenvalue weighted by Crippen LogP contribution is -2.37. The van der Waals surface area contributed by atoms with Crippen LogP contribution in [0.1, 0.15) is 155 Å². The minimum absolute atomic E-state index is 0.00313. The Kier molecular flexibility index (Phi) is 52.4. The van der Waals surface area contributed by atoms with Crippen molar-refractivity contribution in [1.82, 2.24) is 0 Å². The van der Waals surface area contributed by atoms with Crippen molar-refractivity contribution in [3.05, 3.63) is 207 Å². The summed E-state index contributed by atoms with van der Waals surface area (Å²) in [5.74, 6) is -1.02. The number of ether oxygens (including phenoxy) is 2. The topological polar surface area (TPSA) is 108 Å². The van der Waals surface area contributed by atoms with Crippen molar-refractivity contribution >= 4 is 19.8 Å². The van der Waals surface area contributed by atoms with Crippen LogP contribution >= 0.6 is 7.82 Å². The molecule has 0 aromatic carbocycles. The van der Waals surface area contributed by atoms with Crippen LogP contribution in [0.4, 0.5) is 0 Å². The zero-order chi connectivity index (χ0) is 57.0. The van der Waals surface area contributed by atoms with E-state index in [1.807, 2.05) is 33.3 Å². The molecule has 0 aromatic heterocycles. The quantitative estimate of drug-likeness (QED) is 0.0211. The van der Waals surface area contributed by atoms with Crippen LogP contribution < -0.4 is 0 Å². The molecule has 1 N–H and O–H groups in total. The third-order valence-corrected chi connectivity index (χ3v) is 11.8. The van der Waals surface area contributed by atoms with Gasteiger partial charge in [-0.2, -0.15) is 0 Å². The Morgan fingerprint density at radius 2 is 0.718 bits per heavy atom. The van der Waals surface area contributed by atoms with Gasteiger partial charge in [0.05, 0.1) is 34.2 Å². The van der Waals surface area contributed by atoms with Crippen molar-refractivity contribution < 1.29 is 42.1 Å². The van der Waals surface area contributed by atoms with Crippen LogP contribution in [0.2, 0.25) is 0 Å². The van der Waals surface area contributed by atoms with Crippen molar-refractivity contribution in [3.63, 3.8) is 0 Å². The van der Waals surface area contributed by atoms with Gasteiger partial charge in [0.1, 0.15) is 19.8 Å². The van der Waals surface area contributed by atoms with Crippen LogP contribution in [0.3, 0.4) is 0 Å². The molecule has 0 aliphatic rings. The molecule has 432 valence electrons. The van der Waals surface area contributed by atoms with Crippen LogP contribution in [0.15, 0.2) is 207 Å². The van der Waals surface area contributed by atoms with Crippen LogP contribution in [0.25, 0.3) is 0 Å². The number of likely N-dealkylation sites (N-methyl/N-ethyl adjacent to an activating group) is 1. The molecule has 0 saturated heterocycles. The maximum atomic E-state index is 12.8. The summed E-state index contributed by atoms with van der Waals surface area (Å²) in [6.45, 7) is 3.98. The monoisotopic (exact) mass is 1090 g/mol. The second kappa shape index (κ2) is 56.3. The summed E-state index contributed by atoms with van der Waals surface area (Å²) in [7, 11) is 1.36. The van der Waals surface area contributed by atoms with Gasteiger partial charge in [-0.25, -0.2) is 4.57 Å². The molecule has 0 rings (SSSR count). The zero-order valence-electron chi connectivity index (χ0n) is 48.8. The third kappa shape index (κ3) is 59.8. The second-order valence-electron chi connectivity index (χ2n) is 19.2. The van der Waals surface area contributed by atoms with Crippen molar-refractivity contribution in [1.29, 1.82) is 0 Å². The van der Waals surface area contributed by atoms with E-state index in [-0.39, 0.29) is 26.1 Å². The molecule has 0 aliphatic carbocycles. The van der Waals surface area contributed by atoms with Crippen molar-refractivity contribution in [2.45, 2.75) is 161 Å². The molecular weight excluding hydrogens is 990 g/mol. The van der Waals surface area contributed by atoms with Crippen LogP contribution in [0, 0.1) is 0 Å². The summed E-state index contributed by atoms with van der Waals surface area (Å²) in [4.78, 5) is 35.5. The van der Waals surface area contributed by atoms with Crippen molar-refractivity contribution in [3.8, 4) is 0 Å². The standard InChI is InChI=1S/C68H102NO8P/c1-6-8-10-12-14-16-18-20-22-23-24-25-26-27-28-29-30-31-32-33-34-35-36-37-38-39-40-41-42-43-44-45-47-49-51-53-55-57-59-61-68(71)77-66(65-76-78(72,73)75-63-62-69(3,4)5)64-74-67(70)60-58-56-54-52-50-48-46-21-19-17-15-13-11-9-7-2/h8-11,14-17,20-22,24-25,27-28,30-31,33-34,36-37,39-40,42-43,45-47,50-53,56,58,66H,6-7,12-13,18-19,23,26,29,32,35,38,41,44,48-49,54-55,57,59-65H2,1-5H3/p+1/b10-8-,11-9-,16-14-,17-15-,22-20-,25-24-,28-27-,31-30-,34-33-,37-36-,40-39-,43-42-,46-21-,47-45-,52-50-,53-51-,58-56-. The smallest absolute Gasteiger partial charge is 0.461 e. The predicted molar refractivity (Wildman–Crippen MR) is 334 cm³/mol. The van der Waals surface area contributed by atoms with E-state index in [4.69, 9.17) is 18.5 Å². The molecule has 9 nitrogen and oxygen atoms in total. The number of allylic oxidation sites excluding steroid dienone is 33. The summed E-state index contributed by atoms with van der Waals surface area (Å²) in [6.07, 6.45) is 90.9. The van der Waals surface area contributed by atoms with E-state index in [1.54, 1.807) is 6.08 Å². The number of quaternary nitrogens is 1. The highest BCUT2D eigenvalue weighted by Crippen LogP contribution is 2.43. The largest absolute Gasteiger partial charge is 0.472 e. The molecule has 0 spiro atoms. The van der Waals surface area contributed by atoms with Crippen LogP contribution in [-0.4, -0.2) is 74.9 Å². The number of carbonyl (C=O) groups excluding carboxylic acids is 2. The lowest BCUT2D eigenvalue weighted by Gasteiger charge is -2.24. The number of hydrogen-bond acceptors (Lipinski definition) is 7. The lowest BCUT2D eigenvalue weighted by molar-refractivity contribution is -0.870. The first-order chi connectivity index (χ1) is 38.0. The summed E-state index contributed by atoms with van der Waals surface area (Å²) in [5.41, 5.74) is 0. The first-order valence-electron chi connectivity index (χ1n) is 28.8. The first kappa shape index (κ1) is 72.6. The van der Waals surface area contributed by atoms with E-state index < -0.39 is 32.5 Å². The Balaban J connectivity index is 4.34. The molecule has 0 aromatic rings. The fourth-order valence-electron chi connectivity index (χ4n) is 6.48. The molecule has 0 aliphatic heterocycles. The molecule has 78 heavy (non-hydrogen) atoms. The van der Waals surface area contributed by atoms with Gasteiger partial charge in [0.25, 0.3) is 0 Å². The number of unbranched alkanes of at least 4 members (excludes halogenated alkanes) is 2. The number of phosphoric ester groups is 1. The highest BCUT2D eigenvalue weighted by Gasteiger charge is 2.27. The van der Waals surface area contributed by atoms with E-state index in [9.17, 15) is 19.0 Å². The van der Waals surface area contributed by atoms with E-state index in [0.717, 1.165) is 116 Å². The predicted octanol–water partition coefficient (Wildman–Crippen LogP) is 18.4. The van der Waals surface area contributed by atoms with Crippen LogP contribution in [0.5, 0.6) is 0 Å². The van der Waals surface area contributed by atoms with Crippen LogP contribution in [-0.2, 0) is 32.7 Å². The molecule has 0 radical (unpaired) electrons. The molecule has 0 heterocycles. The Morgan fingerprint density at radius 3 is 1.04 bits per heavy atom. The number of nitrogens with zero attached hydrogens (tertiary/aromatic N) is 1. The fraction of sp³-hybridized carbons (Fsp3) is 0.471. The van der Waals surface area contributed by atoms with E-state index in [1.165, 1.54) is 0 Å². The summed E-state index contributed by atoms with van der Waals surface area (Å²) >= 11 is 0. The summed E-state index contributed by atoms with van der Waals surface area (Å²) in [6, 6.07) is 0. The van der Waals surface area contributed by atoms with E-state index >= 15 is 0 Å².